The number of rotatable bonds is 6. The molecule has 0 spiro atoms. The van der Waals surface area contributed by atoms with Gasteiger partial charge in [0.15, 0.2) is 0 Å². The van der Waals surface area contributed by atoms with Crippen molar-refractivity contribution in [2.75, 3.05) is 10.2 Å². The summed E-state index contributed by atoms with van der Waals surface area (Å²) in [6.07, 6.45) is 0.835. The summed E-state index contributed by atoms with van der Waals surface area (Å²) < 4.78 is 5.29. The van der Waals surface area contributed by atoms with Crippen LogP contribution in [0.5, 0.6) is 0 Å². The van der Waals surface area contributed by atoms with Crippen molar-refractivity contribution in [3.8, 4) is 0 Å². The highest BCUT2D eigenvalue weighted by molar-refractivity contribution is 7.26. The molecular weight excluding hydrogens is 753 g/mol. The number of nitrogens with zero attached hydrogens (tertiary/aromatic N) is 1. The fraction of sp³-hybridized carbons (Fsp3) is 0.0909. The van der Waals surface area contributed by atoms with Crippen molar-refractivity contribution < 1.29 is 0 Å². The number of benzene rings is 8. The van der Waals surface area contributed by atoms with Crippen LogP contribution >= 0.6 is 22.7 Å². The van der Waals surface area contributed by atoms with Crippen LogP contribution in [0.1, 0.15) is 48.1 Å². The molecule has 2 aliphatic carbocycles. The van der Waals surface area contributed by atoms with E-state index >= 15 is 0 Å². The third kappa shape index (κ3) is 5.10. The normalized spacial score (nSPS) is 16.7. The molecule has 10 aromatic rings. The van der Waals surface area contributed by atoms with Crippen LogP contribution < -0.4 is 10.2 Å². The fourth-order valence-electron chi connectivity index (χ4n) is 10.3. The molecule has 8 aromatic carbocycles. The molecule has 1 atom stereocenters. The molecule has 0 aliphatic heterocycles. The molecule has 4 heteroatoms. The number of anilines is 4. The molecule has 2 aliphatic rings. The SMILES string of the molecule is CC1(C)C2=C(c3ccc(N(c4ccccc4)c4cccc5c4sc4ccccc45)cc31)c1ccccc1C(Nc1ccccc1)(c1cccc3c1sc1ccccc13)C2. The average molecular weight is 793 g/mol. The summed E-state index contributed by atoms with van der Waals surface area (Å²) in [5, 5.41) is 9.50. The third-order valence-corrected chi connectivity index (χ3v) is 15.4. The third-order valence-electron chi connectivity index (χ3n) is 13.0. The zero-order valence-corrected chi connectivity index (χ0v) is 34.5. The van der Waals surface area contributed by atoms with Crippen LogP contribution in [0.3, 0.4) is 0 Å². The largest absolute Gasteiger partial charge is 0.371 e. The Balaban J connectivity index is 1.07. The van der Waals surface area contributed by atoms with Gasteiger partial charge in [-0.25, -0.2) is 0 Å². The van der Waals surface area contributed by atoms with Crippen molar-refractivity contribution in [1.29, 1.82) is 0 Å². The van der Waals surface area contributed by atoms with Gasteiger partial charge in [0, 0.05) is 70.1 Å². The monoisotopic (exact) mass is 792 g/mol. The average Bonchev–Trinajstić information content (AvgIpc) is 3.93. The molecule has 0 saturated heterocycles. The number of para-hydroxylation sites is 2. The maximum absolute atomic E-state index is 4.25. The second-order valence-electron chi connectivity index (χ2n) is 16.5. The van der Waals surface area contributed by atoms with E-state index in [9.17, 15) is 0 Å². The van der Waals surface area contributed by atoms with Crippen LogP contribution in [0.4, 0.5) is 22.7 Å². The van der Waals surface area contributed by atoms with Gasteiger partial charge >= 0.3 is 0 Å². The van der Waals surface area contributed by atoms with E-state index in [2.05, 4.69) is 212 Å². The van der Waals surface area contributed by atoms with Crippen molar-refractivity contribution in [2.24, 2.45) is 0 Å². The van der Waals surface area contributed by atoms with Crippen LogP contribution in [-0.4, -0.2) is 0 Å². The molecular formula is C55H40N2S2. The molecule has 2 nitrogen and oxygen atoms in total. The van der Waals surface area contributed by atoms with Crippen molar-refractivity contribution in [2.45, 2.75) is 31.2 Å². The molecule has 2 heterocycles. The first-order valence-electron chi connectivity index (χ1n) is 20.5. The van der Waals surface area contributed by atoms with Gasteiger partial charge in [0.2, 0.25) is 0 Å². The summed E-state index contributed by atoms with van der Waals surface area (Å²) in [5.41, 5.74) is 13.4. The van der Waals surface area contributed by atoms with E-state index in [4.69, 9.17) is 0 Å². The van der Waals surface area contributed by atoms with Crippen LogP contribution in [0.15, 0.2) is 194 Å². The topological polar surface area (TPSA) is 15.3 Å². The van der Waals surface area contributed by atoms with E-state index < -0.39 is 5.54 Å². The highest BCUT2D eigenvalue weighted by atomic mass is 32.1. The molecule has 0 saturated carbocycles. The van der Waals surface area contributed by atoms with Gasteiger partial charge in [0.1, 0.15) is 0 Å². The van der Waals surface area contributed by atoms with E-state index in [1.165, 1.54) is 90.7 Å². The number of nitrogens with one attached hydrogen (secondary N) is 1. The van der Waals surface area contributed by atoms with Gasteiger partial charge in [0.05, 0.1) is 15.9 Å². The predicted octanol–water partition coefficient (Wildman–Crippen LogP) is 15.7. The number of fused-ring (bicyclic) bond motifs is 10. The first kappa shape index (κ1) is 34.6. The Morgan fingerprint density at radius 3 is 1.81 bits per heavy atom. The van der Waals surface area contributed by atoms with Crippen molar-refractivity contribution >= 4 is 91.3 Å². The smallest absolute Gasteiger partial charge is 0.0937 e. The molecule has 12 rings (SSSR count). The first-order valence-corrected chi connectivity index (χ1v) is 22.1. The molecule has 59 heavy (non-hydrogen) atoms. The van der Waals surface area contributed by atoms with Gasteiger partial charge in [-0.1, -0.05) is 147 Å². The van der Waals surface area contributed by atoms with Gasteiger partial charge in [-0.2, -0.15) is 0 Å². The van der Waals surface area contributed by atoms with E-state index in [1.54, 1.807) is 0 Å². The van der Waals surface area contributed by atoms with Crippen LogP contribution in [-0.2, 0) is 11.0 Å². The minimum Gasteiger partial charge on any atom is -0.371 e. The highest BCUT2D eigenvalue weighted by Crippen LogP contribution is 2.60. The Morgan fingerprint density at radius 2 is 1.05 bits per heavy atom. The molecule has 282 valence electrons. The lowest BCUT2D eigenvalue weighted by Gasteiger charge is -2.44. The number of thiophene rings is 2. The summed E-state index contributed by atoms with van der Waals surface area (Å²) in [6, 6.07) is 69.6. The lowest BCUT2D eigenvalue weighted by Crippen LogP contribution is -2.41. The van der Waals surface area contributed by atoms with Gasteiger partial charge in [-0.15, -0.1) is 22.7 Å². The molecule has 0 amide bonds. The summed E-state index contributed by atoms with van der Waals surface area (Å²) >= 11 is 3.80. The second kappa shape index (κ2) is 13.0. The number of hydrogen-bond acceptors (Lipinski definition) is 4. The Bertz CT molecular complexity index is 3320. The van der Waals surface area contributed by atoms with Crippen molar-refractivity contribution in [3.05, 3.63) is 221 Å². The molecule has 1 N–H and O–H groups in total. The Kier molecular flexibility index (Phi) is 7.63. The first-order chi connectivity index (χ1) is 29.0. The lowest BCUT2D eigenvalue weighted by atomic mass is 9.66. The van der Waals surface area contributed by atoms with Crippen LogP contribution in [0.2, 0.25) is 0 Å². The molecule has 0 bridgehead atoms. The zero-order valence-electron chi connectivity index (χ0n) is 32.9. The quantitative estimate of drug-likeness (QED) is 0.180. The van der Waals surface area contributed by atoms with E-state index in [0.29, 0.717) is 0 Å². The predicted molar refractivity (Wildman–Crippen MR) is 254 cm³/mol. The molecule has 1 unspecified atom stereocenters. The van der Waals surface area contributed by atoms with Gasteiger partial charge in [0.25, 0.3) is 0 Å². The molecule has 2 aromatic heterocycles. The van der Waals surface area contributed by atoms with E-state index in [1.807, 2.05) is 22.7 Å². The lowest BCUT2D eigenvalue weighted by molar-refractivity contribution is 0.511. The summed E-state index contributed by atoms with van der Waals surface area (Å²) in [6.45, 7) is 4.91. The standard InChI is InChI=1S/C55H40N2S2/c1-54(2)46-33-37(57(36-19-7-4-8-20-36)48-28-16-25-41-39-22-11-14-30-50(39)59-53(41)48)31-32-43(46)51-42-23-9-12-26-44(42)55(34-47(51)54,56-35-17-5-3-6-18-35)45-27-15-24-40-38-21-10-13-29-49(38)58-52(40)45/h3-33,56H,34H2,1-2H3. The maximum Gasteiger partial charge on any atom is 0.0937 e. The minimum absolute atomic E-state index is 0.252. The minimum atomic E-state index is -0.522. The van der Waals surface area contributed by atoms with E-state index in [0.717, 1.165) is 17.8 Å². The highest BCUT2D eigenvalue weighted by Gasteiger charge is 2.50. The second-order valence-corrected chi connectivity index (χ2v) is 18.6. The van der Waals surface area contributed by atoms with Gasteiger partial charge in [-0.3, -0.25) is 0 Å². The molecule has 0 radical (unpaired) electrons. The summed E-state index contributed by atoms with van der Waals surface area (Å²) in [7, 11) is 0. The number of hydrogen-bond donors (Lipinski definition) is 1. The van der Waals surface area contributed by atoms with Crippen molar-refractivity contribution in [1.82, 2.24) is 0 Å². The summed E-state index contributed by atoms with van der Waals surface area (Å²) in [4.78, 5) is 2.47. The van der Waals surface area contributed by atoms with Crippen molar-refractivity contribution in [3.63, 3.8) is 0 Å². The Morgan fingerprint density at radius 1 is 0.475 bits per heavy atom. The van der Waals surface area contributed by atoms with Crippen LogP contribution in [0, 0.1) is 0 Å². The fourth-order valence-corrected chi connectivity index (χ4v) is 12.8. The Labute approximate surface area is 352 Å². The van der Waals surface area contributed by atoms with E-state index in [-0.39, 0.29) is 5.41 Å². The zero-order chi connectivity index (χ0) is 39.3. The van der Waals surface area contributed by atoms with Gasteiger partial charge < -0.3 is 10.2 Å². The maximum atomic E-state index is 4.25. The Hall–Kier alpha value is -6.46. The summed E-state index contributed by atoms with van der Waals surface area (Å²) in [5.74, 6) is 0. The van der Waals surface area contributed by atoms with Gasteiger partial charge in [-0.05, 0) is 88.0 Å². The molecule has 0 fully saturated rings. The van der Waals surface area contributed by atoms with Crippen LogP contribution in [0.25, 0.3) is 45.9 Å².